The molecule has 0 saturated carbocycles. The predicted octanol–water partition coefficient (Wildman–Crippen LogP) is 2.37. The van der Waals surface area contributed by atoms with E-state index in [1.165, 1.54) is 29.4 Å². The van der Waals surface area contributed by atoms with Gasteiger partial charge >= 0.3 is 6.01 Å². The molecule has 1 aromatic heterocycles. The summed E-state index contributed by atoms with van der Waals surface area (Å²) in [7, 11) is -3.79. The summed E-state index contributed by atoms with van der Waals surface area (Å²) in [6.07, 6.45) is 3.13. The van der Waals surface area contributed by atoms with Gasteiger partial charge in [0.2, 0.25) is 15.9 Å². The van der Waals surface area contributed by atoms with E-state index in [1.54, 1.807) is 53.7 Å². The van der Waals surface area contributed by atoms with E-state index in [0.29, 0.717) is 24.5 Å². The summed E-state index contributed by atoms with van der Waals surface area (Å²) in [5, 5.41) is 2.75. The Labute approximate surface area is 197 Å². The number of rotatable bonds is 6. The zero-order chi connectivity index (χ0) is 24.1. The Morgan fingerprint density at radius 2 is 1.62 bits per heavy atom. The SMILES string of the molecule is CC(=O)N1CCN(S(=O)(=O)c2cccc(C(=O)Nc3ccc(Oc4ncccn4)cc3)c2)CC1. The highest BCUT2D eigenvalue weighted by Crippen LogP contribution is 2.22. The number of amides is 2. The molecule has 3 aromatic rings. The van der Waals surface area contributed by atoms with Gasteiger partial charge in [-0.2, -0.15) is 4.31 Å². The molecular formula is C23H23N5O5S. The van der Waals surface area contributed by atoms with Crippen molar-refractivity contribution < 1.29 is 22.7 Å². The van der Waals surface area contributed by atoms with E-state index in [1.807, 2.05) is 0 Å². The Balaban J connectivity index is 1.42. The van der Waals surface area contributed by atoms with Gasteiger partial charge in [-0.3, -0.25) is 9.59 Å². The van der Waals surface area contributed by atoms with Crippen LogP contribution in [0.2, 0.25) is 0 Å². The van der Waals surface area contributed by atoms with E-state index < -0.39 is 15.9 Å². The van der Waals surface area contributed by atoms with E-state index in [9.17, 15) is 18.0 Å². The van der Waals surface area contributed by atoms with Crippen LogP contribution in [0, 0.1) is 0 Å². The average molecular weight is 482 g/mol. The van der Waals surface area contributed by atoms with Crippen molar-refractivity contribution in [3.8, 4) is 11.8 Å². The molecular weight excluding hydrogens is 458 g/mol. The third kappa shape index (κ3) is 5.38. The maximum absolute atomic E-state index is 13.1. The number of carbonyl (C=O) groups excluding carboxylic acids is 2. The van der Waals surface area contributed by atoms with Crippen molar-refractivity contribution in [2.75, 3.05) is 31.5 Å². The molecule has 2 heterocycles. The highest BCUT2D eigenvalue weighted by Gasteiger charge is 2.29. The van der Waals surface area contributed by atoms with Gasteiger partial charge in [-0.25, -0.2) is 18.4 Å². The van der Waals surface area contributed by atoms with Gasteiger partial charge < -0.3 is 15.0 Å². The molecule has 10 nitrogen and oxygen atoms in total. The van der Waals surface area contributed by atoms with Crippen molar-refractivity contribution in [1.29, 1.82) is 0 Å². The molecule has 1 aliphatic rings. The summed E-state index contributed by atoms with van der Waals surface area (Å²) in [5.41, 5.74) is 0.724. The highest BCUT2D eigenvalue weighted by atomic mass is 32.2. The molecule has 1 fully saturated rings. The third-order valence-corrected chi connectivity index (χ3v) is 7.18. The molecule has 4 rings (SSSR count). The second-order valence-corrected chi connectivity index (χ2v) is 9.49. The van der Waals surface area contributed by atoms with E-state index in [4.69, 9.17) is 4.74 Å². The summed E-state index contributed by atoms with van der Waals surface area (Å²) in [6, 6.07) is 14.4. The summed E-state index contributed by atoms with van der Waals surface area (Å²) in [4.78, 5) is 33.9. The van der Waals surface area contributed by atoms with Gasteiger partial charge in [0.05, 0.1) is 4.90 Å². The fraction of sp³-hybridized carbons (Fsp3) is 0.217. The first-order chi connectivity index (χ1) is 16.3. The molecule has 1 saturated heterocycles. The van der Waals surface area contributed by atoms with E-state index in [0.717, 1.165) is 0 Å². The lowest BCUT2D eigenvalue weighted by Gasteiger charge is -2.33. The van der Waals surface area contributed by atoms with Gasteiger partial charge in [-0.1, -0.05) is 6.07 Å². The molecule has 0 aliphatic carbocycles. The summed E-state index contributed by atoms with van der Waals surface area (Å²) >= 11 is 0. The molecule has 0 atom stereocenters. The first-order valence-electron chi connectivity index (χ1n) is 10.5. The Bertz CT molecular complexity index is 1270. The van der Waals surface area contributed by atoms with Crippen LogP contribution in [-0.4, -0.2) is 65.6 Å². The number of sulfonamides is 1. The van der Waals surface area contributed by atoms with Crippen LogP contribution in [-0.2, 0) is 14.8 Å². The largest absolute Gasteiger partial charge is 0.424 e. The highest BCUT2D eigenvalue weighted by molar-refractivity contribution is 7.89. The van der Waals surface area contributed by atoms with Crippen molar-refractivity contribution in [1.82, 2.24) is 19.2 Å². The molecule has 2 aromatic carbocycles. The van der Waals surface area contributed by atoms with Gasteiger partial charge in [0, 0.05) is 56.7 Å². The van der Waals surface area contributed by atoms with E-state index in [-0.39, 0.29) is 35.5 Å². The van der Waals surface area contributed by atoms with Crippen LogP contribution in [0.1, 0.15) is 17.3 Å². The molecule has 2 amide bonds. The molecule has 176 valence electrons. The second kappa shape index (κ2) is 9.98. The van der Waals surface area contributed by atoms with E-state index in [2.05, 4.69) is 15.3 Å². The number of ether oxygens (including phenoxy) is 1. The van der Waals surface area contributed by atoms with Crippen LogP contribution in [0.5, 0.6) is 11.8 Å². The number of nitrogens with zero attached hydrogens (tertiary/aromatic N) is 4. The lowest BCUT2D eigenvalue weighted by atomic mass is 10.2. The van der Waals surface area contributed by atoms with Gasteiger partial charge in [0.1, 0.15) is 5.75 Å². The third-order valence-electron chi connectivity index (χ3n) is 5.28. The molecule has 1 aliphatic heterocycles. The van der Waals surface area contributed by atoms with Gasteiger partial charge in [-0.15, -0.1) is 0 Å². The van der Waals surface area contributed by atoms with Crippen molar-refractivity contribution in [2.45, 2.75) is 11.8 Å². The standard InChI is InChI=1S/C23H23N5O5S/c1-17(29)27-12-14-28(15-13-27)34(31,32)21-5-2-4-18(16-21)22(30)26-19-6-8-20(9-7-19)33-23-24-10-3-11-25-23/h2-11,16H,12-15H2,1H3,(H,26,30). The summed E-state index contributed by atoms with van der Waals surface area (Å²) in [5.74, 6) is -0.0237. The Morgan fingerprint density at radius 1 is 0.941 bits per heavy atom. The molecule has 0 bridgehead atoms. The Morgan fingerprint density at radius 3 is 2.26 bits per heavy atom. The fourth-order valence-electron chi connectivity index (χ4n) is 3.44. The van der Waals surface area contributed by atoms with E-state index >= 15 is 0 Å². The number of hydrogen-bond acceptors (Lipinski definition) is 7. The minimum absolute atomic E-state index is 0.0306. The van der Waals surface area contributed by atoms with Crippen LogP contribution in [0.25, 0.3) is 0 Å². The zero-order valence-corrected chi connectivity index (χ0v) is 19.2. The van der Waals surface area contributed by atoms with Crippen LogP contribution >= 0.6 is 0 Å². The molecule has 0 radical (unpaired) electrons. The number of benzene rings is 2. The molecule has 34 heavy (non-hydrogen) atoms. The fourth-order valence-corrected chi connectivity index (χ4v) is 4.91. The van der Waals surface area contributed by atoms with Crippen LogP contribution in [0.15, 0.2) is 71.9 Å². The normalized spacial score (nSPS) is 14.4. The lowest BCUT2D eigenvalue weighted by Crippen LogP contribution is -2.49. The average Bonchev–Trinajstić information content (AvgIpc) is 2.86. The topological polar surface area (TPSA) is 122 Å². The number of nitrogens with one attached hydrogen (secondary N) is 1. The van der Waals surface area contributed by atoms with Crippen molar-refractivity contribution >= 4 is 27.5 Å². The second-order valence-electron chi connectivity index (χ2n) is 7.55. The van der Waals surface area contributed by atoms with Crippen molar-refractivity contribution in [2.24, 2.45) is 0 Å². The Kier molecular flexibility index (Phi) is 6.85. The summed E-state index contributed by atoms with van der Waals surface area (Å²) in [6.45, 7) is 2.56. The lowest BCUT2D eigenvalue weighted by molar-refractivity contribution is -0.129. The van der Waals surface area contributed by atoms with Crippen molar-refractivity contribution in [3.05, 3.63) is 72.6 Å². The monoisotopic (exact) mass is 481 g/mol. The Hall–Kier alpha value is -3.83. The molecule has 1 N–H and O–H groups in total. The van der Waals surface area contributed by atoms with Gasteiger partial charge in [0.15, 0.2) is 0 Å². The van der Waals surface area contributed by atoms with Crippen LogP contribution in [0.4, 0.5) is 5.69 Å². The predicted molar refractivity (Wildman–Crippen MR) is 124 cm³/mol. The van der Waals surface area contributed by atoms with Gasteiger partial charge in [-0.05, 0) is 48.5 Å². The first-order valence-corrected chi connectivity index (χ1v) is 12.0. The molecule has 11 heteroatoms. The first kappa shape index (κ1) is 23.3. The minimum atomic E-state index is -3.79. The molecule has 0 unspecified atom stereocenters. The number of piperazine rings is 1. The quantitative estimate of drug-likeness (QED) is 0.574. The van der Waals surface area contributed by atoms with Crippen LogP contribution < -0.4 is 10.1 Å². The van der Waals surface area contributed by atoms with Gasteiger partial charge in [0.25, 0.3) is 5.91 Å². The van der Waals surface area contributed by atoms with Crippen molar-refractivity contribution in [3.63, 3.8) is 0 Å². The maximum Gasteiger partial charge on any atom is 0.321 e. The number of anilines is 1. The van der Waals surface area contributed by atoms with Crippen LogP contribution in [0.3, 0.4) is 0 Å². The maximum atomic E-state index is 13.1. The molecule has 0 spiro atoms. The number of carbonyl (C=O) groups is 2. The minimum Gasteiger partial charge on any atom is -0.424 e. The zero-order valence-electron chi connectivity index (χ0n) is 18.4. The number of aromatic nitrogens is 2. The smallest absolute Gasteiger partial charge is 0.321 e. The number of hydrogen-bond donors (Lipinski definition) is 1. The summed E-state index contributed by atoms with van der Waals surface area (Å²) < 4.78 is 33.0.